The molecule has 21 heavy (non-hydrogen) atoms. The Balaban J connectivity index is 2.32. The van der Waals surface area contributed by atoms with E-state index in [9.17, 15) is 0 Å². The van der Waals surface area contributed by atoms with Crippen LogP contribution in [0.2, 0.25) is 0 Å². The van der Waals surface area contributed by atoms with E-state index in [0.717, 1.165) is 43.1 Å². The minimum Gasteiger partial charge on any atom is -0.370 e. The van der Waals surface area contributed by atoms with Crippen molar-refractivity contribution >= 4 is 5.82 Å². The van der Waals surface area contributed by atoms with Gasteiger partial charge >= 0.3 is 0 Å². The molecule has 1 saturated carbocycles. The molecular formula is C17H29N3O. The standard InChI is InChI=1S/C17H29N3O/c1-5-10-18-15-11-14(4)19-16(20-15)17(21-6-2)9-7-8-13(3)12-17/h11,13H,5-10,12H2,1-4H3,(H,18,19,20). The number of ether oxygens (including phenoxy) is 1. The van der Waals surface area contributed by atoms with Crippen molar-refractivity contribution in [2.24, 2.45) is 5.92 Å². The molecule has 4 heteroatoms. The number of nitrogens with one attached hydrogen (secondary N) is 1. The predicted octanol–water partition coefficient (Wildman–Crippen LogP) is 4.05. The van der Waals surface area contributed by atoms with Crippen LogP contribution in [-0.4, -0.2) is 23.1 Å². The van der Waals surface area contributed by atoms with E-state index < -0.39 is 0 Å². The van der Waals surface area contributed by atoms with Crippen molar-refractivity contribution in [3.63, 3.8) is 0 Å². The molecule has 1 heterocycles. The Bertz CT molecular complexity index is 459. The van der Waals surface area contributed by atoms with E-state index in [2.05, 4.69) is 26.1 Å². The van der Waals surface area contributed by atoms with E-state index in [1.54, 1.807) is 0 Å². The summed E-state index contributed by atoms with van der Waals surface area (Å²) < 4.78 is 6.19. The molecule has 2 unspecified atom stereocenters. The first kappa shape index (κ1) is 16.2. The van der Waals surface area contributed by atoms with E-state index >= 15 is 0 Å². The predicted molar refractivity (Wildman–Crippen MR) is 86.5 cm³/mol. The van der Waals surface area contributed by atoms with E-state index in [4.69, 9.17) is 14.7 Å². The maximum atomic E-state index is 6.19. The maximum absolute atomic E-state index is 6.19. The third-order valence-electron chi connectivity index (χ3n) is 4.19. The molecule has 1 N–H and O–H groups in total. The third kappa shape index (κ3) is 3.94. The fourth-order valence-corrected chi connectivity index (χ4v) is 3.29. The molecule has 0 bridgehead atoms. The van der Waals surface area contributed by atoms with Gasteiger partial charge in [-0.3, -0.25) is 0 Å². The zero-order chi connectivity index (χ0) is 15.3. The van der Waals surface area contributed by atoms with E-state index in [-0.39, 0.29) is 5.60 Å². The van der Waals surface area contributed by atoms with Crippen LogP contribution in [0.15, 0.2) is 6.07 Å². The highest BCUT2D eigenvalue weighted by atomic mass is 16.5. The molecule has 1 aromatic heterocycles. The normalized spacial score (nSPS) is 25.8. The SMILES string of the molecule is CCCNc1cc(C)nc(C2(OCC)CCCC(C)C2)n1. The van der Waals surface area contributed by atoms with Gasteiger partial charge in [0.2, 0.25) is 0 Å². The van der Waals surface area contributed by atoms with Crippen molar-refractivity contribution in [1.82, 2.24) is 9.97 Å². The third-order valence-corrected chi connectivity index (χ3v) is 4.19. The molecule has 1 fully saturated rings. The number of rotatable bonds is 6. The monoisotopic (exact) mass is 291 g/mol. The van der Waals surface area contributed by atoms with E-state index in [1.807, 2.05) is 13.0 Å². The van der Waals surface area contributed by atoms with Crippen molar-refractivity contribution in [2.75, 3.05) is 18.5 Å². The molecule has 0 amide bonds. The number of hydrogen-bond donors (Lipinski definition) is 1. The fraction of sp³-hybridized carbons (Fsp3) is 0.765. The molecule has 2 rings (SSSR count). The molecule has 1 aliphatic carbocycles. The van der Waals surface area contributed by atoms with Crippen LogP contribution in [0.4, 0.5) is 5.82 Å². The maximum Gasteiger partial charge on any atom is 0.162 e. The number of anilines is 1. The molecule has 0 aliphatic heterocycles. The molecule has 0 saturated heterocycles. The minimum atomic E-state index is -0.291. The summed E-state index contributed by atoms with van der Waals surface area (Å²) in [6.45, 7) is 10.2. The average Bonchev–Trinajstić information content (AvgIpc) is 2.45. The summed E-state index contributed by atoms with van der Waals surface area (Å²) in [6.07, 6.45) is 5.61. The Morgan fingerprint density at radius 2 is 2.19 bits per heavy atom. The Labute approximate surface area is 128 Å². The minimum absolute atomic E-state index is 0.291. The van der Waals surface area contributed by atoms with Gasteiger partial charge in [-0.05, 0) is 45.4 Å². The van der Waals surface area contributed by atoms with Gasteiger partial charge in [0.05, 0.1) is 0 Å². The van der Waals surface area contributed by atoms with Crippen LogP contribution in [-0.2, 0) is 10.3 Å². The highest BCUT2D eigenvalue weighted by molar-refractivity contribution is 5.36. The largest absolute Gasteiger partial charge is 0.370 e. The van der Waals surface area contributed by atoms with Gasteiger partial charge in [0.1, 0.15) is 11.4 Å². The number of aryl methyl sites for hydroxylation is 1. The number of hydrogen-bond acceptors (Lipinski definition) is 4. The van der Waals surface area contributed by atoms with Gasteiger partial charge < -0.3 is 10.1 Å². The first-order valence-electron chi connectivity index (χ1n) is 8.33. The Morgan fingerprint density at radius 3 is 2.86 bits per heavy atom. The average molecular weight is 291 g/mol. The first-order chi connectivity index (χ1) is 10.1. The van der Waals surface area contributed by atoms with Gasteiger partial charge in [0.25, 0.3) is 0 Å². The molecule has 0 radical (unpaired) electrons. The van der Waals surface area contributed by atoms with Gasteiger partial charge in [-0.15, -0.1) is 0 Å². The molecule has 118 valence electrons. The summed E-state index contributed by atoms with van der Waals surface area (Å²) in [4.78, 5) is 9.49. The second-order valence-electron chi connectivity index (χ2n) is 6.27. The van der Waals surface area contributed by atoms with E-state index in [1.165, 1.54) is 12.8 Å². The van der Waals surface area contributed by atoms with E-state index in [0.29, 0.717) is 12.5 Å². The second-order valence-corrected chi connectivity index (χ2v) is 6.27. The van der Waals surface area contributed by atoms with Crippen LogP contribution < -0.4 is 5.32 Å². The van der Waals surface area contributed by atoms with Gasteiger partial charge in [0.15, 0.2) is 5.82 Å². The van der Waals surface area contributed by atoms with Gasteiger partial charge in [-0.2, -0.15) is 0 Å². The molecule has 2 atom stereocenters. The summed E-state index contributed by atoms with van der Waals surface area (Å²) in [7, 11) is 0. The van der Waals surface area contributed by atoms with Crippen LogP contribution >= 0.6 is 0 Å². The summed E-state index contributed by atoms with van der Waals surface area (Å²) >= 11 is 0. The smallest absolute Gasteiger partial charge is 0.162 e. The van der Waals surface area contributed by atoms with Gasteiger partial charge in [-0.1, -0.05) is 20.3 Å². The molecule has 0 spiro atoms. The quantitative estimate of drug-likeness (QED) is 0.859. The van der Waals surface area contributed by atoms with Crippen LogP contribution in [0.25, 0.3) is 0 Å². The van der Waals surface area contributed by atoms with Crippen LogP contribution in [0.5, 0.6) is 0 Å². The highest BCUT2D eigenvalue weighted by Crippen LogP contribution is 2.41. The van der Waals surface area contributed by atoms with Crippen molar-refractivity contribution in [3.05, 3.63) is 17.6 Å². The zero-order valence-electron chi connectivity index (χ0n) is 13.9. The lowest BCUT2D eigenvalue weighted by atomic mass is 9.78. The van der Waals surface area contributed by atoms with Crippen molar-refractivity contribution < 1.29 is 4.74 Å². The first-order valence-corrected chi connectivity index (χ1v) is 8.33. The van der Waals surface area contributed by atoms with Gasteiger partial charge in [-0.25, -0.2) is 9.97 Å². The van der Waals surface area contributed by atoms with Crippen molar-refractivity contribution in [3.8, 4) is 0 Å². The zero-order valence-corrected chi connectivity index (χ0v) is 13.9. The summed E-state index contributed by atoms with van der Waals surface area (Å²) in [5.41, 5.74) is 0.720. The second kappa shape index (κ2) is 7.21. The van der Waals surface area contributed by atoms with Crippen LogP contribution in [0.1, 0.15) is 64.4 Å². The lowest BCUT2D eigenvalue weighted by Gasteiger charge is -2.38. The molecule has 1 aliphatic rings. The lowest BCUT2D eigenvalue weighted by Crippen LogP contribution is -2.37. The Morgan fingerprint density at radius 1 is 1.38 bits per heavy atom. The summed E-state index contributed by atoms with van der Waals surface area (Å²) in [6, 6.07) is 2.02. The van der Waals surface area contributed by atoms with Crippen LogP contribution in [0.3, 0.4) is 0 Å². The van der Waals surface area contributed by atoms with Crippen LogP contribution in [0, 0.1) is 12.8 Å². The van der Waals surface area contributed by atoms with Gasteiger partial charge in [0, 0.05) is 24.9 Å². The number of nitrogens with zero attached hydrogens (tertiary/aromatic N) is 2. The lowest BCUT2D eigenvalue weighted by molar-refractivity contribution is -0.0881. The highest BCUT2D eigenvalue weighted by Gasteiger charge is 2.40. The number of aromatic nitrogens is 2. The van der Waals surface area contributed by atoms with Crippen molar-refractivity contribution in [2.45, 2.75) is 65.4 Å². The molecule has 1 aromatic rings. The topological polar surface area (TPSA) is 47.0 Å². The Hall–Kier alpha value is -1.16. The Kier molecular flexibility index (Phi) is 5.57. The molecule has 4 nitrogen and oxygen atoms in total. The molecular weight excluding hydrogens is 262 g/mol. The fourth-order valence-electron chi connectivity index (χ4n) is 3.29. The summed E-state index contributed by atoms with van der Waals surface area (Å²) in [5.74, 6) is 2.47. The molecule has 0 aromatic carbocycles. The summed E-state index contributed by atoms with van der Waals surface area (Å²) in [5, 5.41) is 3.38. The van der Waals surface area contributed by atoms with Crippen molar-refractivity contribution in [1.29, 1.82) is 0 Å².